The Bertz CT molecular complexity index is 753. The minimum absolute atomic E-state index is 0.144. The third-order valence-corrected chi connectivity index (χ3v) is 3.90. The average molecular weight is 380 g/mol. The monoisotopic (exact) mass is 380 g/mol. The lowest BCUT2D eigenvalue weighted by Gasteiger charge is -2.15. The number of hydrogen-bond donors (Lipinski definition) is 2. The van der Waals surface area contributed by atoms with E-state index in [0.29, 0.717) is 11.4 Å². The fraction of sp³-hybridized carbons (Fsp3) is 0.182. The Morgan fingerprint density at radius 3 is 1.36 bits per heavy atom. The first-order valence-corrected chi connectivity index (χ1v) is 8.77. The summed E-state index contributed by atoms with van der Waals surface area (Å²) in [6, 6.07) is 15.1. The van der Waals surface area contributed by atoms with Gasteiger partial charge in [-0.05, 0) is 47.5 Å². The lowest BCUT2D eigenvalue weighted by molar-refractivity contribution is -0.107. The second-order valence-corrected chi connectivity index (χ2v) is 5.76. The zero-order valence-electron chi connectivity index (χ0n) is 16.0. The molecule has 0 heterocycles. The molecule has 0 aliphatic heterocycles. The van der Waals surface area contributed by atoms with Crippen LogP contribution >= 0.6 is 0 Å². The summed E-state index contributed by atoms with van der Waals surface area (Å²) >= 11 is 0. The summed E-state index contributed by atoms with van der Waals surface area (Å²) in [6.07, 6.45) is 5.37. The molecule has 0 aromatic heterocycles. The highest BCUT2D eigenvalue weighted by atomic mass is 16.5. The summed E-state index contributed by atoms with van der Waals surface area (Å²) in [5, 5.41) is 6.18. The lowest BCUT2D eigenvalue weighted by Crippen LogP contribution is -2.25. The maximum absolute atomic E-state index is 10.9. The van der Waals surface area contributed by atoms with Gasteiger partial charge in [-0.1, -0.05) is 24.3 Å². The first-order valence-electron chi connectivity index (χ1n) is 8.77. The number of carbonyl (C=O) groups excluding carboxylic acids is 2. The lowest BCUT2D eigenvalue weighted by atomic mass is 10.1. The highest BCUT2D eigenvalue weighted by molar-refractivity contribution is 5.67. The molecule has 0 saturated heterocycles. The van der Waals surface area contributed by atoms with Crippen LogP contribution in [-0.2, 0) is 9.59 Å². The molecule has 2 aromatic rings. The molecule has 28 heavy (non-hydrogen) atoms. The van der Waals surface area contributed by atoms with Crippen molar-refractivity contribution >= 4 is 24.7 Å². The molecule has 0 fully saturated rings. The molecule has 0 atom stereocenters. The molecule has 6 heteroatoms. The van der Waals surface area contributed by atoms with Gasteiger partial charge in [-0.15, -0.1) is 0 Å². The van der Waals surface area contributed by atoms with Crippen molar-refractivity contribution in [2.45, 2.75) is 0 Å². The quantitative estimate of drug-likeness (QED) is 0.461. The predicted molar refractivity (Wildman–Crippen MR) is 110 cm³/mol. The molecule has 0 aliphatic carbocycles. The van der Waals surface area contributed by atoms with Gasteiger partial charge in [0, 0.05) is 0 Å². The molecule has 0 unspecified atom stereocenters. The molecule has 146 valence electrons. The van der Waals surface area contributed by atoms with Gasteiger partial charge in [0.25, 0.3) is 0 Å². The van der Waals surface area contributed by atoms with E-state index in [9.17, 15) is 9.59 Å². The van der Waals surface area contributed by atoms with E-state index in [0.717, 1.165) is 35.2 Å². The first kappa shape index (κ1) is 20.8. The van der Waals surface area contributed by atoms with Gasteiger partial charge in [-0.2, -0.15) is 0 Å². The van der Waals surface area contributed by atoms with Gasteiger partial charge in [0.15, 0.2) is 0 Å². The van der Waals surface area contributed by atoms with Crippen LogP contribution in [0, 0.1) is 0 Å². The van der Waals surface area contributed by atoms with Gasteiger partial charge in [0.05, 0.1) is 38.7 Å². The van der Waals surface area contributed by atoms with E-state index in [4.69, 9.17) is 9.47 Å². The van der Waals surface area contributed by atoms with E-state index in [1.165, 1.54) is 0 Å². The Balaban J connectivity index is 2.41. The molecule has 0 radical (unpaired) electrons. The van der Waals surface area contributed by atoms with E-state index in [1.807, 2.05) is 60.7 Å². The summed E-state index contributed by atoms with van der Waals surface area (Å²) in [6.45, 7) is 0.287. The molecule has 0 amide bonds. The van der Waals surface area contributed by atoms with Gasteiger partial charge >= 0.3 is 0 Å². The normalized spacial score (nSPS) is 11.5. The minimum atomic E-state index is 0.144. The number of aldehydes is 2. The van der Waals surface area contributed by atoms with Crippen LogP contribution in [0.2, 0.25) is 0 Å². The van der Waals surface area contributed by atoms with Crippen LogP contribution in [0.1, 0.15) is 11.1 Å². The standard InChI is InChI=1S/C22H24N2O4/c1-27-19-7-3-17(4-8-19)15-21(23-11-13-25)22(24-12-14-26)16-18-5-9-20(28-2)10-6-18/h3-10,13-16,23-24H,11-12H2,1-2H3. The van der Waals surface area contributed by atoms with Gasteiger partial charge in [0.2, 0.25) is 0 Å². The van der Waals surface area contributed by atoms with Crippen LogP contribution in [0.25, 0.3) is 12.2 Å². The number of benzene rings is 2. The zero-order chi connectivity index (χ0) is 20.2. The smallest absolute Gasteiger partial charge is 0.139 e. The van der Waals surface area contributed by atoms with Gasteiger partial charge in [0.1, 0.15) is 24.1 Å². The van der Waals surface area contributed by atoms with E-state index in [-0.39, 0.29) is 13.1 Å². The van der Waals surface area contributed by atoms with Crippen molar-refractivity contribution in [3.8, 4) is 11.5 Å². The summed E-state index contributed by atoms with van der Waals surface area (Å²) in [5.41, 5.74) is 3.22. The summed E-state index contributed by atoms with van der Waals surface area (Å²) < 4.78 is 10.4. The van der Waals surface area contributed by atoms with Gasteiger partial charge < -0.3 is 29.7 Å². The van der Waals surface area contributed by atoms with E-state index >= 15 is 0 Å². The van der Waals surface area contributed by atoms with Crippen molar-refractivity contribution in [3.63, 3.8) is 0 Å². The molecule has 0 saturated carbocycles. The number of ether oxygens (including phenoxy) is 2. The number of rotatable bonds is 11. The maximum Gasteiger partial charge on any atom is 0.139 e. The molecule has 0 spiro atoms. The zero-order valence-corrected chi connectivity index (χ0v) is 16.0. The molecule has 0 aliphatic rings. The van der Waals surface area contributed by atoms with Crippen LogP contribution in [0.3, 0.4) is 0 Å². The Morgan fingerprint density at radius 2 is 1.07 bits per heavy atom. The molecule has 2 N–H and O–H groups in total. The number of methoxy groups -OCH3 is 2. The summed E-state index contributed by atoms with van der Waals surface area (Å²) in [4.78, 5) is 21.8. The number of hydrogen-bond acceptors (Lipinski definition) is 6. The van der Waals surface area contributed by atoms with Crippen molar-refractivity contribution in [1.82, 2.24) is 10.6 Å². The topological polar surface area (TPSA) is 76.7 Å². The second-order valence-electron chi connectivity index (χ2n) is 5.76. The second kappa shape index (κ2) is 11.2. The van der Waals surface area contributed by atoms with Crippen molar-refractivity contribution < 1.29 is 19.1 Å². The molecular formula is C22H24N2O4. The molecule has 6 nitrogen and oxygen atoms in total. The van der Waals surface area contributed by atoms with Crippen molar-refractivity contribution in [2.24, 2.45) is 0 Å². The average Bonchev–Trinajstić information content (AvgIpc) is 2.75. The summed E-state index contributed by atoms with van der Waals surface area (Å²) in [5.74, 6) is 1.51. The van der Waals surface area contributed by atoms with Gasteiger partial charge in [-0.25, -0.2) is 0 Å². The number of nitrogens with one attached hydrogen (secondary N) is 2. The van der Waals surface area contributed by atoms with Crippen LogP contribution in [0.15, 0.2) is 59.9 Å². The third-order valence-electron chi connectivity index (χ3n) is 3.90. The maximum atomic E-state index is 10.9. The Kier molecular flexibility index (Phi) is 8.33. The Hall–Kier alpha value is -3.54. The van der Waals surface area contributed by atoms with E-state index in [1.54, 1.807) is 14.2 Å². The van der Waals surface area contributed by atoms with Crippen molar-refractivity contribution in [2.75, 3.05) is 27.3 Å². The summed E-state index contributed by atoms with van der Waals surface area (Å²) in [7, 11) is 3.22. The SMILES string of the molecule is COc1ccc(C=C(NCC=O)C(=Cc2ccc(OC)cc2)NCC=O)cc1. The molecule has 2 rings (SSSR count). The Morgan fingerprint density at radius 1 is 0.714 bits per heavy atom. The largest absolute Gasteiger partial charge is 0.497 e. The molecule has 0 bridgehead atoms. The first-order chi connectivity index (χ1) is 13.7. The predicted octanol–water partition coefficient (Wildman–Crippen LogP) is 2.66. The van der Waals surface area contributed by atoms with Gasteiger partial charge in [-0.3, -0.25) is 0 Å². The van der Waals surface area contributed by atoms with E-state index in [2.05, 4.69) is 10.6 Å². The van der Waals surface area contributed by atoms with Crippen LogP contribution in [0.5, 0.6) is 11.5 Å². The fourth-order valence-corrected chi connectivity index (χ4v) is 2.48. The third kappa shape index (κ3) is 6.32. The minimum Gasteiger partial charge on any atom is -0.497 e. The molecule has 2 aromatic carbocycles. The van der Waals surface area contributed by atoms with Crippen LogP contribution in [0.4, 0.5) is 0 Å². The molecular weight excluding hydrogens is 356 g/mol. The Labute approximate surface area is 164 Å². The highest BCUT2D eigenvalue weighted by Gasteiger charge is 2.06. The van der Waals surface area contributed by atoms with Crippen molar-refractivity contribution in [1.29, 1.82) is 0 Å². The highest BCUT2D eigenvalue weighted by Crippen LogP contribution is 2.18. The fourth-order valence-electron chi connectivity index (χ4n) is 2.48. The van der Waals surface area contributed by atoms with Crippen LogP contribution in [-0.4, -0.2) is 39.9 Å². The van der Waals surface area contributed by atoms with Crippen molar-refractivity contribution in [3.05, 3.63) is 71.1 Å². The van der Waals surface area contributed by atoms with E-state index < -0.39 is 0 Å². The number of carbonyl (C=O) groups is 2. The van der Waals surface area contributed by atoms with Crippen LogP contribution < -0.4 is 20.1 Å².